The number of hydrogen-bond donors (Lipinski definition) is 1. The van der Waals surface area contributed by atoms with Crippen LogP contribution >= 0.6 is 11.8 Å². The SMILES string of the molecule is CN(C)c1ccc(/C=C/C=C/C2=NC(C(=O)O)CS2)cn1. The highest BCUT2D eigenvalue weighted by molar-refractivity contribution is 8.14. The van der Waals surface area contributed by atoms with E-state index in [1.807, 2.05) is 61.6 Å². The quantitative estimate of drug-likeness (QED) is 0.846. The van der Waals surface area contributed by atoms with Crippen molar-refractivity contribution in [1.29, 1.82) is 0 Å². The van der Waals surface area contributed by atoms with E-state index >= 15 is 0 Å². The van der Waals surface area contributed by atoms with Crippen LogP contribution in [0.1, 0.15) is 5.56 Å². The molecule has 0 amide bonds. The Balaban J connectivity index is 1.92. The van der Waals surface area contributed by atoms with Gasteiger partial charge in [0.25, 0.3) is 0 Å². The number of hydrogen-bond acceptors (Lipinski definition) is 5. The zero-order valence-corrected chi connectivity index (χ0v) is 12.7. The van der Waals surface area contributed by atoms with Gasteiger partial charge in [0.15, 0.2) is 6.04 Å². The van der Waals surface area contributed by atoms with Gasteiger partial charge < -0.3 is 10.0 Å². The van der Waals surface area contributed by atoms with E-state index in [0.717, 1.165) is 16.4 Å². The molecule has 21 heavy (non-hydrogen) atoms. The van der Waals surface area contributed by atoms with Crippen LogP contribution in [0.4, 0.5) is 5.82 Å². The van der Waals surface area contributed by atoms with Crippen LogP contribution in [0.25, 0.3) is 6.08 Å². The van der Waals surface area contributed by atoms with Crippen LogP contribution in [0.2, 0.25) is 0 Å². The maximum atomic E-state index is 10.8. The van der Waals surface area contributed by atoms with E-state index in [-0.39, 0.29) is 0 Å². The Morgan fingerprint density at radius 3 is 2.71 bits per heavy atom. The molecule has 0 radical (unpaired) electrons. The molecule has 0 fully saturated rings. The van der Waals surface area contributed by atoms with Crippen molar-refractivity contribution in [2.24, 2.45) is 4.99 Å². The van der Waals surface area contributed by atoms with Gasteiger partial charge in [0.2, 0.25) is 0 Å². The normalized spacial score (nSPS) is 18.4. The lowest BCUT2D eigenvalue weighted by molar-refractivity contribution is -0.137. The van der Waals surface area contributed by atoms with Crippen LogP contribution < -0.4 is 4.90 Å². The molecule has 0 bridgehead atoms. The van der Waals surface area contributed by atoms with Crippen molar-refractivity contribution in [3.63, 3.8) is 0 Å². The topological polar surface area (TPSA) is 65.8 Å². The Morgan fingerprint density at radius 1 is 1.38 bits per heavy atom. The van der Waals surface area contributed by atoms with Gasteiger partial charge in [-0.25, -0.2) is 9.78 Å². The van der Waals surface area contributed by atoms with Crippen molar-refractivity contribution in [2.45, 2.75) is 6.04 Å². The van der Waals surface area contributed by atoms with Gasteiger partial charge in [-0.15, -0.1) is 11.8 Å². The molecule has 1 aliphatic heterocycles. The van der Waals surface area contributed by atoms with E-state index in [2.05, 4.69) is 9.98 Å². The van der Waals surface area contributed by atoms with Crippen LogP contribution in [0, 0.1) is 0 Å². The number of anilines is 1. The molecular weight excluding hydrogens is 286 g/mol. The summed E-state index contributed by atoms with van der Waals surface area (Å²) >= 11 is 1.46. The number of pyridine rings is 1. The van der Waals surface area contributed by atoms with Crippen LogP contribution in [0.5, 0.6) is 0 Å². The lowest BCUT2D eigenvalue weighted by Gasteiger charge is -2.10. The van der Waals surface area contributed by atoms with Gasteiger partial charge in [-0.3, -0.25) is 4.99 Å². The van der Waals surface area contributed by atoms with Crippen molar-refractivity contribution in [3.8, 4) is 0 Å². The first-order chi connectivity index (χ1) is 10.1. The first-order valence-corrected chi connectivity index (χ1v) is 7.46. The highest BCUT2D eigenvalue weighted by atomic mass is 32.2. The van der Waals surface area contributed by atoms with Crippen molar-refractivity contribution in [2.75, 3.05) is 24.7 Å². The molecule has 2 heterocycles. The van der Waals surface area contributed by atoms with Crippen LogP contribution in [0.15, 0.2) is 41.6 Å². The number of aliphatic carboxylic acids is 1. The second kappa shape index (κ2) is 7.08. The second-order valence-electron chi connectivity index (χ2n) is 4.69. The molecule has 1 N–H and O–H groups in total. The Labute approximate surface area is 128 Å². The molecule has 1 atom stereocenters. The van der Waals surface area contributed by atoms with E-state index in [4.69, 9.17) is 5.11 Å². The largest absolute Gasteiger partial charge is 0.480 e. The number of thioether (sulfide) groups is 1. The molecule has 1 aromatic heterocycles. The van der Waals surface area contributed by atoms with Crippen molar-refractivity contribution < 1.29 is 9.90 Å². The van der Waals surface area contributed by atoms with Gasteiger partial charge in [-0.2, -0.15) is 0 Å². The number of rotatable bonds is 5. The van der Waals surface area contributed by atoms with Gasteiger partial charge in [-0.1, -0.05) is 18.2 Å². The summed E-state index contributed by atoms with van der Waals surface area (Å²) < 4.78 is 0. The Kier molecular flexibility index (Phi) is 5.16. The first-order valence-electron chi connectivity index (χ1n) is 6.48. The lowest BCUT2D eigenvalue weighted by atomic mass is 10.2. The maximum Gasteiger partial charge on any atom is 0.329 e. The minimum Gasteiger partial charge on any atom is -0.480 e. The van der Waals surface area contributed by atoms with Crippen LogP contribution in [-0.4, -0.2) is 47.0 Å². The predicted molar refractivity (Wildman–Crippen MR) is 88.1 cm³/mol. The minimum absolute atomic E-state index is 0.509. The lowest BCUT2D eigenvalue weighted by Crippen LogP contribution is -2.16. The van der Waals surface area contributed by atoms with Gasteiger partial charge in [0.05, 0.1) is 5.04 Å². The van der Waals surface area contributed by atoms with Crippen LogP contribution in [-0.2, 0) is 4.79 Å². The van der Waals surface area contributed by atoms with E-state index in [0.29, 0.717) is 5.75 Å². The average Bonchev–Trinajstić information content (AvgIpc) is 2.93. The number of nitrogens with zero attached hydrogens (tertiary/aromatic N) is 3. The number of aromatic nitrogens is 1. The third-order valence-corrected chi connectivity index (χ3v) is 3.84. The standard InChI is InChI=1S/C15H17N3O2S/c1-18(2)13-8-7-11(9-16-13)5-3-4-6-14-17-12(10-21-14)15(19)20/h3-9,12H,10H2,1-2H3,(H,19,20)/b5-3+,6-4+. The van der Waals surface area contributed by atoms with Crippen LogP contribution in [0.3, 0.4) is 0 Å². The monoisotopic (exact) mass is 303 g/mol. The molecule has 0 spiro atoms. The maximum absolute atomic E-state index is 10.8. The Morgan fingerprint density at radius 2 is 2.14 bits per heavy atom. The fourth-order valence-electron chi connectivity index (χ4n) is 1.68. The van der Waals surface area contributed by atoms with Gasteiger partial charge in [0, 0.05) is 26.0 Å². The number of carbonyl (C=O) groups is 1. The summed E-state index contributed by atoms with van der Waals surface area (Å²) in [4.78, 5) is 21.1. The Hall–Kier alpha value is -2.08. The molecule has 0 saturated heterocycles. The third kappa shape index (κ3) is 4.46. The number of carboxylic acids is 1. The number of allylic oxidation sites excluding steroid dienone is 2. The smallest absolute Gasteiger partial charge is 0.329 e. The molecule has 0 saturated carbocycles. The molecule has 1 unspecified atom stereocenters. The van der Waals surface area contributed by atoms with E-state index in [9.17, 15) is 4.79 Å². The number of carboxylic acid groups (broad SMARTS) is 1. The summed E-state index contributed by atoms with van der Waals surface area (Å²) in [5.74, 6) is 0.557. The van der Waals surface area contributed by atoms with Gasteiger partial charge >= 0.3 is 5.97 Å². The average molecular weight is 303 g/mol. The van der Waals surface area contributed by atoms with Crippen molar-refractivity contribution in [1.82, 2.24) is 4.98 Å². The summed E-state index contributed by atoms with van der Waals surface area (Å²) in [6.45, 7) is 0. The number of aliphatic imine (C=N–C) groups is 1. The summed E-state index contributed by atoms with van der Waals surface area (Å²) in [5, 5.41) is 9.60. The molecule has 1 aliphatic rings. The highest BCUT2D eigenvalue weighted by Crippen LogP contribution is 2.19. The Bertz CT molecular complexity index is 591. The first kappa shape index (κ1) is 15.3. The van der Waals surface area contributed by atoms with Crippen molar-refractivity contribution in [3.05, 3.63) is 42.1 Å². The second-order valence-corrected chi connectivity index (χ2v) is 5.74. The molecule has 5 nitrogen and oxygen atoms in total. The summed E-state index contributed by atoms with van der Waals surface area (Å²) in [7, 11) is 3.90. The predicted octanol–water partition coefficient (Wildman–Crippen LogP) is 2.32. The zero-order valence-electron chi connectivity index (χ0n) is 11.9. The fraction of sp³-hybridized carbons (Fsp3) is 0.267. The van der Waals surface area contributed by atoms with Gasteiger partial charge in [0.1, 0.15) is 5.82 Å². The molecule has 110 valence electrons. The molecule has 2 rings (SSSR count). The molecule has 0 aromatic carbocycles. The summed E-state index contributed by atoms with van der Waals surface area (Å²) in [6, 6.07) is 3.34. The summed E-state index contributed by atoms with van der Waals surface area (Å²) in [5.41, 5.74) is 1.01. The fourth-order valence-corrected chi connectivity index (χ4v) is 2.60. The third-order valence-electron chi connectivity index (χ3n) is 2.82. The summed E-state index contributed by atoms with van der Waals surface area (Å²) in [6.07, 6.45) is 9.32. The highest BCUT2D eigenvalue weighted by Gasteiger charge is 2.22. The van der Waals surface area contributed by atoms with Gasteiger partial charge in [-0.05, 0) is 23.8 Å². The molecule has 6 heteroatoms. The van der Waals surface area contributed by atoms with E-state index in [1.54, 1.807) is 0 Å². The molecular formula is C15H17N3O2S. The zero-order chi connectivity index (χ0) is 15.2. The van der Waals surface area contributed by atoms with Crippen molar-refractivity contribution >= 4 is 34.7 Å². The van der Waals surface area contributed by atoms with E-state index < -0.39 is 12.0 Å². The molecule has 0 aliphatic carbocycles. The minimum atomic E-state index is -0.867. The van der Waals surface area contributed by atoms with E-state index in [1.165, 1.54) is 11.8 Å². The molecule has 1 aromatic rings.